The monoisotopic (exact) mass is 342 g/mol. The van der Waals surface area contributed by atoms with Gasteiger partial charge in [-0.2, -0.15) is 5.10 Å². The Kier molecular flexibility index (Phi) is 3.35. The molecule has 0 saturated carbocycles. The van der Waals surface area contributed by atoms with Crippen LogP contribution in [0.5, 0.6) is 0 Å². The quantitative estimate of drug-likeness (QED) is 0.584. The number of anilines is 2. The number of nitrogen functional groups attached to an aromatic ring is 1. The zero-order valence-electron chi connectivity index (χ0n) is 14.2. The summed E-state index contributed by atoms with van der Waals surface area (Å²) in [7, 11) is 0. The molecular weight excluding hydrogens is 324 g/mol. The number of hydrogen-bond donors (Lipinski definition) is 2. The van der Waals surface area contributed by atoms with Gasteiger partial charge < -0.3 is 10.6 Å². The second kappa shape index (κ2) is 5.84. The van der Waals surface area contributed by atoms with Crippen molar-refractivity contribution in [3.63, 3.8) is 0 Å². The normalized spacial score (nSPS) is 13.8. The molecule has 0 saturated heterocycles. The average Bonchev–Trinajstić information content (AvgIpc) is 3.21. The molecule has 0 aliphatic carbocycles. The molecule has 3 aromatic heterocycles. The van der Waals surface area contributed by atoms with E-state index in [1.807, 2.05) is 24.4 Å². The SMILES string of the molecule is Nc1cc(N2CCc3ncccc3C2)c2ccc(-c3ccn[nH]3)cc2n1. The highest BCUT2D eigenvalue weighted by Gasteiger charge is 2.20. The molecule has 0 atom stereocenters. The third kappa shape index (κ3) is 2.47. The first-order valence-corrected chi connectivity index (χ1v) is 8.66. The van der Waals surface area contributed by atoms with E-state index in [9.17, 15) is 0 Å². The van der Waals surface area contributed by atoms with Crippen LogP contribution >= 0.6 is 0 Å². The van der Waals surface area contributed by atoms with Crippen LogP contribution in [0.1, 0.15) is 11.3 Å². The van der Waals surface area contributed by atoms with Crippen molar-refractivity contribution in [1.82, 2.24) is 20.2 Å². The first-order chi connectivity index (χ1) is 12.8. The van der Waals surface area contributed by atoms with Gasteiger partial charge in [0.15, 0.2) is 0 Å². The number of aromatic amines is 1. The van der Waals surface area contributed by atoms with E-state index in [-0.39, 0.29) is 0 Å². The minimum absolute atomic E-state index is 0.534. The van der Waals surface area contributed by atoms with Crippen molar-refractivity contribution in [2.75, 3.05) is 17.2 Å². The van der Waals surface area contributed by atoms with Crippen LogP contribution in [-0.4, -0.2) is 26.7 Å². The molecule has 0 spiro atoms. The Labute approximate surface area is 150 Å². The van der Waals surface area contributed by atoms with Crippen molar-refractivity contribution in [2.45, 2.75) is 13.0 Å². The average molecular weight is 342 g/mol. The molecule has 4 aromatic rings. The van der Waals surface area contributed by atoms with Crippen molar-refractivity contribution in [3.8, 4) is 11.3 Å². The molecule has 3 N–H and O–H groups in total. The molecule has 1 aliphatic rings. The van der Waals surface area contributed by atoms with Gasteiger partial charge in [-0.3, -0.25) is 10.1 Å². The lowest BCUT2D eigenvalue weighted by molar-refractivity contribution is 0.714. The van der Waals surface area contributed by atoms with Crippen LogP contribution in [0.25, 0.3) is 22.2 Å². The van der Waals surface area contributed by atoms with Gasteiger partial charge in [-0.1, -0.05) is 18.2 Å². The first-order valence-electron chi connectivity index (χ1n) is 8.66. The minimum Gasteiger partial charge on any atom is -0.384 e. The van der Waals surface area contributed by atoms with Crippen LogP contribution in [0, 0.1) is 0 Å². The smallest absolute Gasteiger partial charge is 0.126 e. The Morgan fingerprint density at radius 3 is 2.92 bits per heavy atom. The molecule has 4 heterocycles. The number of aromatic nitrogens is 4. The summed E-state index contributed by atoms with van der Waals surface area (Å²) in [6, 6.07) is 14.3. The molecule has 6 nitrogen and oxygen atoms in total. The molecule has 26 heavy (non-hydrogen) atoms. The summed E-state index contributed by atoms with van der Waals surface area (Å²) >= 11 is 0. The van der Waals surface area contributed by atoms with E-state index in [0.29, 0.717) is 5.82 Å². The number of nitrogens with two attached hydrogens (primary N) is 1. The van der Waals surface area contributed by atoms with Gasteiger partial charge in [-0.05, 0) is 23.8 Å². The maximum atomic E-state index is 6.12. The zero-order chi connectivity index (χ0) is 17.5. The molecule has 5 rings (SSSR count). The molecule has 6 heteroatoms. The van der Waals surface area contributed by atoms with Crippen molar-refractivity contribution < 1.29 is 0 Å². The maximum Gasteiger partial charge on any atom is 0.126 e. The largest absolute Gasteiger partial charge is 0.384 e. The van der Waals surface area contributed by atoms with Gasteiger partial charge in [-0.15, -0.1) is 0 Å². The van der Waals surface area contributed by atoms with Crippen LogP contribution in [0.15, 0.2) is 54.9 Å². The third-order valence-corrected chi connectivity index (χ3v) is 4.92. The summed E-state index contributed by atoms with van der Waals surface area (Å²) in [6.07, 6.45) is 4.55. The van der Waals surface area contributed by atoms with Crippen LogP contribution in [0.2, 0.25) is 0 Å². The van der Waals surface area contributed by atoms with Crippen LogP contribution < -0.4 is 10.6 Å². The highest BCUT2D eigenvalue weighted by Crippen LogP contribution is 2.33. The van der Waals surface area contributed by atoms with Gasteiger partial charge in [0, 0.05) is 54.6 Å². The maximum absolute atomic E-state index is 6.12. The lowest BCUT2D eigenvalue weighted by atomic mass is 10.0. The lowest BCUT2D eigenvalue weighted by Crippen LogP contribution is -2.31. The van der Waals surface area contributed by atoms with E-state index < -0.39 is 0 Å². The van der Waals surface area contributed by atoms with E-state index in [1.54, 1.807) is 6.20 Å². The van der Waals surface area contributed by atoms with Crippen molar-refractivity contribution in [2.24, 2.45) is 0 Å². The molecule has 0 bridgehead atoms. The number of benzene rings is 1. The van der Waals surface area contributed by atoms with Crippen LogP contribution in [-0.2, 0) is 13.0 Å². The van der Waals surface area contributed by atoms with E-state index >= 15 is 0 Å². The number of nitrogens with zero attached hydrogens (tertiary/aromatic N) is 4. The highest BCUT2D eigenvalue weighted by molar-refractivity contribution is 5.95. The standard InChI is InChI=1S/C20H18N6/c21-20-11-19(26-9-6-16-14(12-26)2-1-7-22-16)15-4-3-13(10-18(15)24-20)17-5-8-23-25-17/h1-5,7-8,10-11H,6,9,12H2,(H2,21,24)(H,23,25). The summed E-state index contributed by atoms with van der Waals surface area (Å²) in [6.45, 7) is 1.76. The topological polar surface area (TPSA) is 83.7 Å². The fourth-order valence-corrected chi connectivity index (χ4v) is 3.65. The number of H-pyrrole nitrogens is 1. The van der Waals surface area contributed by atoms with E-state index in [4.69, 9.17) is 5.73 Å². The molecule has 0 amide bonds. The molecule has 1 aromatic carbocycles. The summed E-state index contributed by atoms with van der Waals surface area (Å²) in [5, 5.41) is 8.13. The number of hydrogen-bond acceptors (Lipinski definition) is 5. The summed E-state index contributed by atoms with van der Waals surface area (Å²) in [5.74, 6) is 0.534. The number of nitrogens with one attached hydrogen (secondary N) is 1. The van der Waals surface area contributed by atoms with Gasteiger partial charge in [0.1, 0.15) is 5.82 Å². The fraction of sp³-hybridized carbons (Fsp3) is 0.150. The van der Waals surface area contributed by atoms with E-state index in [1.165, 1.54) is 11.3 Å². The van der Waals surface area contributed by atoms with Crippen molar-refractivity contribution in [1.29, 1.82) is 0 Å². The summed E-state index contributed by atoms with van der Waals surface area (Å²) in [4.78, 5) is 11.4. The first kappa shape index (κ1) is 14.9. The Morgan fingerprint density at radius 2 is 2.04 bits per heavy atom. The Morgan fingerprint density at radius 1 is 1.08 bits per heavy atom. The van der Waals surface area contributed by atoms with Gasteiger partial charge in [0.25, 0.3) is 0 Å². The molecule has 0 radical (unpaired) electrons. The Balaban J connectivity index is 1.60. The number of pyridine rings is 2. The highest BCUT2D eigenvalue weighted by atomic mass is 15.1. The Hall–Kier alpha value is -3.41. The summed E-state index contributed by atoms with van der Waals surface area (Å²) in [5.41, 5.74) is 12.6. The van der Waals surface area contributed by atoms with Crippen LogP contribution in [0.4, 0.5) is 11.5 Å². The van der Waals surface area contributed by atoms with Gasteiger partial charge in [-0.25, -0.2) is 4.98 Å². The zero-order valence-corrected chi connectivity index (χ0v) is 14.2. The number of rotatable bonds is 2. The van der Waals surface area contributed by atoms with Gasteiger partial charge in [0.05, 0.1) is 16.9 Å². The molecule has 0 fully saturated rings. The Bertz CT molecular complexity index is 1090. The van der Waals surface area contributed by atoms with E-state index in [0.717, 1.165) is 47.4 Å². The predicted octanol–water partition coefficient (Wildman–Crippen LogP) is 3.16. The summed E-state index contributed by atoms with van der Waals surface area (Å²) < 4.78 is 0. The molecule has 128 valence electrons. The van der Waals surface area contributed by atoms with Gasteiger partial charge in [0.2, 0.25) is 0 Å². The predicted molar refractivity (Wildman–Crippen MR) is 103 cm³/mol. The minimum atomic E-state index is 0.534. The lowest BCUT2D eigenvalue weighted by Gasteiger charge is -2.31. The number of fused-ring (bicyclic) bond motifs is 2. The fourth-order valence-electron chi connectivity index (χ4n) is 3.65. The van der Waals surface area contributed by atoms with Gasteiger partial charge >= 0.3 is 0 Å². The molecular formula is C20H18N6. The second-order valence-corrected chi connectivity index (χ2v) is 6.55. The van der Waals surface area contributed by atoms with Crippen LogP contribution in [0.3, 0.4) is 0 Å². The van der Waals surface area contributed by atoms with E-state index in [2.05, 4.69) is 49.3 Å². The third-order valence-electron chi connectivity index (χ3n) is 4.92. The van der Waals surface area contributed by atoms with Crippen molar-refractivity contribution >= 4 is 22.4 Å². The molecule has 1 aliphatic heterocycles. The molecule has 0 unspecified atom stereocenters. The second-order valence-electron chi connectivity index (χ2n) is 6.55. The van der Waals surface area contributed by atoms with Crippen molar-refractivity contribution in [3.05, 3.63) is 66.1 Å².